The average Bonchev–Trinajstić information content (AvgIpc) is 3.01. The van der Waals surface area contributed by atoms with E-state index in [-0.39, 0.29) is 5.91 Å². The maximum Gasteiger partial charge on any atom is 0.257 e. The van der Waals surface area contributed by atoms with Crippen molar-refractivity contribution in [3.8, 4) is 5.69 Å². The third kappa shape index (κ3) is 4.05. The zero-order chi connectivity index (χ0) is 17.8. The summed E-state index contributed by atoms with van der Waals surface area (Å²) in [6, 6.07) is 7.50. The van der Waals surface area contributed by atoms with Crippen LogP contribution in [0.3, 0.4) is 0 Å². The Labute approximate surface area is 154 Å². The lowest BCUT2D eigenvalue weighted by Crippen LogP contribution is -2.40. The van der Waals surface area contributed by atoms with Crippen LogP contribution in [0.1, 0.15) is 35.8 Å². The third-order valence-corrected chi connectivity index (χ3v) is 5.11. The van der Waals surface area contributed by atoms with Crippen LogP contribution < -0.4 is 5.32 Å². The summed E-state index contributed by atoms with van der Waals surface area (Å²) in [5.41, 5.74) is 2.39. The Kier molecular flexibility index (Phi) is 5.76. The van der Waals surface area contributed by atoms with Crippen molar-refractivity contribution in [1.29, 1.82) is 0 Å². The van der Waals surface area contributed by atoms with Crippen LogP contribution in [0.25, 0.3) is 5.69 Å². The molecule has 0 spiro atoms. The van der Waals surface area contributed by atoms with Crippen LogP contribution in [0.5, 0.6) is 0 Å². The van der Waals surface area contributed by atoms with E-state index in [1.807, 2.05) is 36.1 Å². The number of likely N-dealkylation sites (tertiary alicyclic amines) is 1. The van der Waals surface area contributed by atoms with E-state index < -0.39 is 0 Å². The van der Waals surface area contributed by atoms with E-state index in [9.17, 15) is 4.79 Å². The monoisotopic (exact) mass is 360 g/mol. The van der Waals surface area contributed by atoms with Gasteiger partial charge in [-0.25, -0.2) is 4.68 Å². The molecule has 0 aliphatic carbocycles. The summed E-state index contributed by atoms with van der Waals surface area (Å²) >= 11 is 6.07. The highest BCUT2D eigenvalue weighted by atomic mass is 35.5. The lowest BCUT2D eigenvalue weighted by Gasteiger charge is -2.32. The Balaban J connectivity index is 1.70. The van der Waals surface area contributed by atoms with Crippen molar-refractivity contribution >= 4 is 17.5 Å². The molecule has 1 aliphatic rings. The normalized spacial score (nSPS) is 15.6. The van der Waals surface area contributed by atoms with Crippen molar-refractivity contribution in [1.82, 2.24) is 20.0 Å². The van der Waals surface area contributed by atoms with Gasteiger partial charge >= 0.3 is 0 Å². The number of halogens is 1. The minimum atomic E-state index is 0.0766. The van der Waals surface area contributed by atoms with Gasteiger partial charge in [0.1, 0.15) is 0 Å². The number of carbonyl (C=O) groups excluding carboxylic acids is 1. The van der Waals surface area contributed by atoms with E-state index in [1.54, 1.807) is 10.9 Å². The highest BCUT2D eigenvalue weighted by Crippen LogP contribution is 2.22. The maximum atomic E-state index is 12.9. The van der Waals surface area contributed by atoms with Crippen LogP contribution in [0.2, 0.25) is 5.02 Å². The molecule has 1 fully saturated rings. The number of hydrogen-bond acceptors (Lipinski definition) is 3. The highest BCUT2D eigenvalue weighted by molar-refractivity contribution is 6.30. The van der Waals surface area contributed by atoms with Crippen molar-refractivity contribution in [2.45, 2.75) is 26.7 Å². The molecule has 1 aromatic heterocycles. The van der Waals surface area contributed by atoms with Gasteiger partial charge in [-0.2, -0.15) is 5.10 Å². The van der Waals surface area contributed by atoms with Crippen molar-refractivity contribution in [2.24, 2.45) is 5.92 Å². The second-order valence-electron chi connectivity index (χ2n) is 6.58. The molecule has 0 atom stereocenters. The Morgan fingerprint density at radius 1 is 1.36 bits per heavy atom. The second kappa shape index (κ2) is 8.02. The third-order valence-electron chi connectivity index (χ3n) is 4.88. The van der Waals surface area contributed by atoms with Gasteiger partial charge in [-0.1, -0.05) is 24.6 Å². The van der Waals surface area contributed by atoms with E-state index >= 15 is 0 Å². The van der Waals surface area contributed by atoms with Gasteiger partial charge in [0.25, 0.3) is 5.91 Å². The van der Waals surface area contributed by atoms with Gasteiger partial charge < -0.3 is 10.2 Å². The number of carbonyl (C=O) groups is 1. The lowest BCUT2D eigenvalue weighted by molar-refractivity contribution is 0.0689. The van der Waals surface area contributed by atoms with Gasteiger partial charge in [0.2, 0.25) is 0 Å². The molecule has 1 amide bonds. The molecule has 1 N–H and O–H groups in total. The molecule has 1 saturated heterocycles. The van der Waals surface area contributed by atoms with Gasteiger partial charge in [-0.05, 0) is 57.0 Å². The molecule has 0 bridgehead atoms. The van der Waals surface area contributed by atoms with Crippen molar-refractivity contribution < 1.29 is 4.79 Å². The van der Waals surface area contributed by atoms with Crippen LogP contribution in [-0.2, 0) is 0 Å². The number of benzene rings is 1. The maximum absolute atomic E-state index is 12.9. The quantitative estimate of drug-likeness (QED) is 0.890. The molecule has 5 nitrogen and oxygen atoms in total. The number of rotatable bonds is 5. The summed E-state index contributed by atoms with van der Waals surface area (Å²) < 4.78 is 1.77. The van der Waals surface area contributed by atoms with Crippen molar-refractivity contribution in [3.05, 3.63) is 46.7 Å². The molecule has 25 heavy (non-hydrogen) atoms. The summed E-state index contributed by atoms with van der Waals surface area (Å²) in [4.78, 5) is 14.8. The van der Waals surface area contributed by atoms with E-state index in [0.29, 0.717) is 16.5 Å². The number of nitrogens with one attached hydrogen (secondary N) is 1. The Hall–Kier alpha value is -1.85. The average molecular weight is 361 g/mol. The number of nitrogens with zero attached hydrogens (tertiary/aromatic N) is 3. The Morgan fingerprint density at radius 2 is 2.12 bits per heavy atom. The van der Waals surface area contributed by atoms with Crippen LogP contribution >= 0.6 is 11.6 Å². The fourth-order valence-electron chi connectivity index (χ4n) is 3.35. The van der Waals surface area contributed by atoms with E-state index in [4.69, 9.17) is 11.6 Å². The van der Waals surface area contributed by atoms with E-state index in [1.165, 1.54) is 0 Å². The molecule has 0 saturated carbocycles. The first-order chi connectivity index (χ1) is 12.1. The molecule has 2 heterocycles. The van der Waals surface area contributed by atoms with Crippen LogP contribution in [0.4, 0.5) is 0 Å². The van der Waals surface area contributed by atoms with Crippen molar-refractivity contribution in [2.75, 3.05) is 26.2 Å². The summed E-state index contributed by atoms with van der Waals surface area (Å²) in [5.74, 6) is 0.743. The largest absolute Gasteiger partial charge is 0.339 e. The molecule has 3 rings (SSSR count). The topological polar surface area (TPSA) is 50.2 Å². The van der Waals surface area contributed by atoms with E-state index in [0.717, 1.165) is 50.4 Å². The second-order valence-corrected chi connectivity index (χ2v) is 7.02. The summed E-state index contributed by atoms with van der Waals surface area (Å²) in [6.07, 6.45) is 3.78. The van der Waals surface area contributed by atoms with Gasteiger partial charge in [-0.15, -0.1) is 0 Å². The number of aromatic nitrogens is 2. The van der Waals surface area contributed by atoms with Gasteiger partial charge in [-0.3, -0.25) is 4.79 Å². The SMILES string of the molecule is CCNCC1CCN(C(=O)c2cnn(-c3cccc(Cl)c3)c2C)CC1. The fraction of sp³-hybridized carbons (Fsp3) is 0.474. The molecular weight excluding hydrogens is 336 g/mol. The highest BCUT2D eigenvalue weighted by Gasteiger charge is 2.26. The molecule has 2 aromatic rings. The van der Waals surface area contributed by atoms with Crippen molar-refractivity contribution in [3.63, 3.8) is 0 Å². The first-order valence-electron chi connectivity index (χ1n) is 8.90. The first-order valence-corrected chi connectivity index (χ1v) is 9.28. The minimum Gasteiger partial charge on any atom is -0.339 e. The van der Waals surface area contributed by atoms with Crippen LogP contribution in [0, 0.1) is 12.8 Å². The number of hydrogen-bond donors (Lipinski definition) is 1. The lowest BCUT2D eigenvalue weighted by atomic mass is 9.96. The van der Waals surface area contributed by atoms with E-state index in [2.05, 4.69) is 17.3 Å². The number of amides is 1. The molecule has 1 aliphatic heterocycles. The minimum absolute atomic E-state index is 0.0766. The zero-order valence-corrected chi connectivity index (χ0v) is 15.6. The Morgan fingerprint density at radius 3 is 2.80 bits per heavy atom. The molecule has 0 radical (unpaired) electrons. The summed E-state index contributed by atoms with van der Waals surface area (Å²) in [5, 5.41) is 8.46. The molecule has 6 heteroatoms. The fourth-order valence-corrected chi connectivity index (χ4v) is 3.53. The molecule has 0 unspecified atom stereocenters. The zero-order valence-electron chi connectivity index (χ0n) is 14.8. The summed E-state index contributed by atoms with van der Waals surface area (Å²) in [6.45, 7) is 7.73. The summed E-state index contributed by atoms with van der Waals surface area (Å²) in [7, 11) is 0. The van der Waals surface area contributed by atoms with Gasteiger partial charge in [0.05, 0.1) is 23.1 Å². The standard InChI is InChI=1S/C19H25ClN4O/c1-3-21-12-15-7-9-23(10-8-15)19(25)18-13-22-24(14(18)2)17-6-4-5-16(20)11-17/h4-6,11,13,15,21H,3,7-10,12H2,1-2H3. The predicted molar refractivity (Wildman–Crippen MR) is 100 cm³/mol. The molecular formula is C19H25ClN4O. The smallest absolute Gasteiger partial charge is 0.257 e. The first kappa shape index (κ1) is 18.0. The Bertz CT molecular complexity index is 735. The predicted octanol–water partition coefficient (Wildman–Crippen LogP) is 3.30. The molecule has 134 valence electrons. The van der Waals surface area contributed by atoms with Gasteiger partial charge in [0, 0.05) is 18.1 Å². The van der Waals surface area contributed by atoms with Crippen LogP contribution in [-0.4, -0.2) is 46.8 Å². The molecule has 1 aromatic carbocycles. The van der Waals surface area contributed by atoms with Gasteiger partial charge in [0.15, 0.2) is 0 Å². The van der Waals surface area contributed by atoms with Crippen LogP contribution in [0.15, 0.2) is 30.5 Å². The number of piperidine rings is 1.